The smallest absolute Gasteiger partial charge is 0.225 e. The summed E-state index contributed by atoms with van der Waals surface area (Å²) in [7, 11) is 2.15. The fourth-order valence-electron chi connectivity index (χ4n) is 5.86. The third-order valence-corrected chi connectivity index (χ3v) is 7.74. The summed E-state index contributed by atoms with van der Waals surface area (Å²) >= 11 is 0. The first-order chi connectivity index (χ1) is 17.6. The highest BCUT2D eigenvalue weighted by Gasteiger charge is 2.30. The van der Waals surface area contributed by atoms with Crippen LogP contribution in [0.15, 0.2) is 60.8 Å². The van der Waals surface area contributed by atoms with Gasteiger partial charge in [0.2, 0.25) is 5.91 Å². The fourth-order valence-corrected chi connectivity index (χ4v) is 5.86. The highest BCUT2D eigenvalue weighted by Crippen LogP contribution is 2.28. The summed E-state index contributed by atoms with van der Waals surface area (Å²) in [5.41, 5.74) is 3.57. The molecule has 1 aliphatic carbocycles. The Balaban J connectivity index is 1.12. The molecular formula is C31H39N3O2. The van der Waals surface area contributed by atoms with Crippen molar-refractivity contribution in [1.82, 2.24) is 14.8 Å². The minimum absolute atomic E-state index is 0.262. The summed E-state index contributed by atoms with van der Waals surface area (Å²) in [6, 6.07) is 19.1. The summed E-state index contributed by atoms with van der Waals surface area (Å²) in [6.07, 6.45) is 9.93. The molecule has 1 atom stereocenters. The van der Waals surface area contributed by atoms with Gasteiger partial charge in [0.1, 0.15) is 5.75 Å². The Morgan fingerprint density at radius 1 is 0.972 bits per heavy atom. The van der Waals surface area contributed by atoms with Gasteiger partial charge < -0.3 is 9.64 Å². The molecule has 0 spiro atoms. The van der Waals surface area contributed by atoms with E-state index in [0.717, 1.165) is 63.1 Å². The highest BCUT2D eigenvalue weighted by atomic mass is 16.5. The number of carbonyl (C=O) groups excluding carboxylic acids is 1. The molecule has 5 rings (SSSR count). The monoisotopic (exact) mass is 485 g/mol. The third kappa shape index (κ3) is 6.44. The van der Waals surface area contributed by atoms with Crippen molar-refractivity contribution >= 4 is 16.8 Å². The van der Waals surface area contributed by atoms with Crippen molar-refractivity contribution in [3.05, 3.63) is 71.9 Å². The van der Waals surface area contributed by atoms with Gasteiger partial charge in [-0.3, -0.25) is 14.7 Å². The van der Waals surface area contributed by atoms with Crippen molar-refractivity contribution in [1.29, 1.82) is 0 Å². The largest absolute Gasteiger partial charge is 0.493 e. The number of nitrogens with zero attached hydrogens (tertiary/aromatic N) is 3. The maximum atomic E-state index is 13.0. The van der Waals surface area contributed by atoms with Gasteiger partial charge in [0, 0.05) is 49.6 Å². The van der Waals surface area contributed by atoms with Crippen molar-refractivity contribution in [2.75, 3.05) is 26.7 Å². The first-order valence-electron chi connectivity index (χ1n) is 13.7. The van der Waals surface area contributed by atoms with Gasteiger partial charge in [0.05, 0.1) is 12.1 Å². The molecule has 1 amide bonds. The molecule has 190 valence electrons. The predicted octanol–water partition coefficient (Wildman–Crippen LogP) is 6.06. The van der Waals surface area contributed by atoms with E-state index in [-0.39, 0.29) is 5.92 Å². The number of ether oxygens (including phenoxy) is 1. The predicted molar refractivity (Wildman–Crippen MR) is 145 cm³/mol. The second-order valence-corrected chi connectivity index (χ2v) is 10.8. The molecule has 1 saturated heterocycles. The number of likely N-dealkylation sites (tertiary alicyclic amines) is 1. The lowest BCUT2D eigenvalue weighted by atomic mass is 9.87. The molecular weight excluding hydrogens is 446 g/mol. The maximum absolute atomic E-state index is 13.0. The molecule has 5 nitrogen and oxygen atoms in total. The minimum atomic E-state index is 0.262. The third-order valence-electron chi connectivity index (χ3n) is 7.74. The van der Waals surface area contributed by atoms with Crippen LogP contribution in [0.2, 0.25) is 0 Å². The molecule has 0 radical (unpaired) electrons. The quantitative estimate of drug-likeness (QED) is 0.389. The number of benzene rings is 2. The van der Waals surface area contributed by atoms with Crippen LogP contribution in [0, 0.1) is 11.8 Å². The molecule has 5 heteroatoms. The summed E-state index contributed by atoms with van der Waals surface area (Å²) < 4.78 is 6.24. The van der Waals surface area contributed by atoms with Gasteiger partial charge >= 0.3 is 0 Å². The summed E-state index contributed by atoms with van der Waals surface area (Å²) in [6.45, 7) is 4.18. The van der Waals surface area contributed by atoms with Crippen LogP contribution < -0.4 is 4.74 Å². The van der Waals surface area contributed by atoms with E-state index >= 15 is 0 Å². The lowest BCUT2D eigenvalue weighted by Gasteiger charge is -2.35. The Labute approximate surface area is 215 Å². The molecule has 2 aliphatic rings. The molecule has 0 bridgehead atoms. The number of carbonyl (C=O) groups is 1. The summed E-state index contributed by atoms with van der Waals surface area (Å²) in [4.78, 5) is 21.9. The zero-order valence-corrected chi connectivity index (χ0v) is 21.6. The van der Waals surface area contributed by atoms with E-state index in [1.165, 1.54) is 35.8 Å². The van der Waals surface area contributed by atoms with Gasteiger partial charge in [-0.05, 0) is 74.2 Å². The summed E-state index contributed by atoms with van der Waals surface area (Å²) in [5.74, 6) is 2.00. The van der Waals surface area contributed by atoms with Crippen molar-refractivity contribution in [3.63, 3.8) is 0 Å². The maximum Gasteiger partial charge on any atom is 0.225 e. The molecule has 1 unspecified atom stereocenters. The number of rotatable bonds is 8. The summed E-state index contributed by atoms with van der Waals surface area (Å²) in [5, 5.41) is 1.18. The van der Waals surface area contributed by atoms with Gasteiger partial charge in [0.25, 0.3) is 0 Å². The van der Waals surface area contributed by atoms with Gasteiger partial charge in [0.15, 0.2) is 0 Å². The van der Waals surface area contributed by atoms with Crippen LogP contribution >= 0.6 is 0 Å². The van der Waals surface area contributed by atoms with Crippen LogP contribution in [0.5, 0.6) is 5.75 Å². The molecule has 1 aromatic heterocycles. The highest BCUT2D eigenvalue weighted by molar-refractivity contribution is 5.79. The molecule has 0 N–H and O–H groups in total. The minimum Gasteiger partial charge on any atom is -0.493 e. The number of fused-ring (bicyclic) bond motifs is 1. The van der Waals surface area contributed by atoms with E-state index in [1.54, 1.807) is 0 Å². The van der Waals surface area contributed by atoms with Crippen molar-refractivity contribution in [2.24, 2.45) is 11.8 Å². The number of aromatic nitrogens is 1. The van der Waals surface area contributed by atoms with Crippen molar-refractivity contribution < 1.29 is 9.53 Å². The normalized spacial score (nSPS) is 19.1. The van der Waals surface area contributed by atoms with Gasteiger partial charge in [-0.1, -0.05) is 43.5 Å². The molecule has 36 heavy (non-hydrogen) atoms. The molecule has 2 aromatic carbocycles. The number of pyridine rings is 1. The zero-order valence-electron chi connectivity index (χ0n) is 21.6. The van der Waals surface area contributed by atoms with Crippen molar-refractivity contribution in [2.45, 2.75) is 58.0 Å². The number of amides is 1. The average molecular weight is 486 g/mol. The molecule has 2 fully saturated rings. The van der Waals surface area contributed by atoms with E-state index in [9.17, 15) is 4.79 Å². The second kappa shape index (κ2) is 11.9. The van der Waals surface area contributed by atoms with E-state index < -0.39 is 0 Å². The Hall–Kier alpha value is -2.92. The lowest BCUT2D eigenvalue weighted by molar-refractivity contribution is -0.138. The first-order valence-corrected chi connectivity index (χ1v) is 13.7. The number of hydrogen-bond donors (Lipinski definition) is 0. The van der Waals surface area contributed by atoms with Gasteiger partial charge in [-0.2, -0.15) is 0 Å². The molecule has 1 saturated carbocycles. The van der Waals surface area contributed by atoms with Crippen LogP contribution in [-0.2, 0) is 17.9 Å². The standard InChI is InChI=1S/C31H39N3O2/c1-33(21-25-14-15-30-28(18-25)12-6-16-32-30)20-24-8-5-13-29(19-24)36-23-26-9-7-17-34(22-26)31(35)27-10-3-2-4-11-27/h5-6,8,12-16,18-19,26-27H,2-4,7,9-11,17,20-23H2,1H3. The van der Waals surface area contributed by atoms with Crippen LogP contribution in [0.25, 0.3) is 10.9 Å². The van der Waals surface area contributed by atoms with Crippen LogP contribution in [0.4, 0.5) is 0 Å². The topological polar surface area (TPSA) is 45.7 Å². The zero-order chi connectivity index (χ0) is 24.7. The van der Waals surface area contributed by atoms with Crippen LogP contribution in [-0.4, -0.2) is 47.4 Å². The Bertz CT molecular complexity index is 1160. The molecule has 3 aromatic rings. The van der Waals surface area contributed by atoms with E-state index in [2.05, 4.69) is 64.3 Å². The Morgan fingerprint density at radius 3 is 2.67 bits per heavy atom. The van der Waals surface area contributed by atoms with Crippen molar-refractivity contribution in [3.8, 4) is 5.75 Å². The lowest BCUT2D eigenvalue weighted by Crippen LogP contribution is -2.44. The number of hydrogen-bond acceptors (Lipinski definition) is 4. The van der Waals surface area contributed by atoms with E-state index in [4.69, 9.17) is 4.74 Å². The SMILES string of the molecule is CN(Cc1cccc(OCC2CCCN(C(=O)C3CCCCC3)C2)c1)Cc1ccc2ncccc2c1. The number of piperidine rings is 1. The van der Waals surface area contributed by atoms with Gasteiger partial charge in [-0.15, -0.1) is 0 Å². The molecule has 2 heterocycles. The van der Waals surface area contributed by atoms with Crippen LogP contribution in [0.3, 0.4) is 0 Å². The van der Waals surface area contributed by atoms with Crippen LogP contribution in [0.1, 0.15) is 56.1 Å². The second-order valence-electron chi connectivity index (χ2n) is 10.8. The average Bonchev–Trinajstić information content (AvgIpc) is 2.92. The van der Waals surface area contributed by atoms with Gasteiger partial charge in [-0.25, -0.2) is 0 Å². The van der Waals surface area contributed by atoms with E-state index in [1.807, 2.05) is 18.3 Å². The van der Waals surface area contributed by atoms with E-state index in [0.29, 0.717) is 18.4 Å². The fraction of sp³-hybridized carbons (Fsp3) is 0.484. The molecule has 1 aliphatic heterocycles. The first kappa shape index (κ1) is 24.8. The Kier molecular flexibility index (Phi) is 8.17. The Morgan fingerprint density at radius 2 is 1.81 bits per heavy atom.